The fourth-order valence-electron chi connectivity index (χ4n) is 4.09. The molecule has 3 aliphatic rings. The standard InChI is InChI=1S/C17H26N6O2/c24-16(13-5-3-6-13)21-8-4-9-22(12-11-21)17(25)14-7-1-2-10-23-15(14)18-19-20-23/h13-14H,1-12H2/t14-/m1/s1. The summed E-state index contributed by atoms with van der Waals surface area (Å²) in [6.45, 7) is 3.54. The molecule has 2 aliphatic heterocycles. The van der Waals surface area contributed by atoms with Crippen molar-refractivity contribution in [2.75, 3.05) is 26.2 Å². The molecular formula is C17H26N6O2. The normalized spacial score (nSPS) is 24.9. The summed E-state index contributed by atoms with van der Waals surface area (Å²) >= 11 is 0. The molecule has 2 amide bonds. The van der Waals surface area contributed by atoms with Gasteiger partial charge in [0.05, 0.1) is 5.92 Å². The molecule has 0 N–H and O–H groups in total. The van der Waals surface area contributed by atoms with Crippen LogP contribution in [0.4, 0.5) is 0 Å². The summed E-state index contributed by atoms with van der Waals surface area (Å²) in [4.78, 5) is 29.5. The second-order valence-electron chi connectivity index (χ2n) is 7.44. The average molecular weight is 346 g/mol. The van der Waals surface area contributed by atoms with Crippen molar-refractivity contribution in [2.45, 2.75) is 57.4 Å². The summed E-state index contributed by atoms with van der Waals surface area (Å²) in [5, 5.41) is 11.9. The molecule has 1 saturated heterocycles. The molecule has 0 unspecified atom stereocenters. The molecule has 0 spiro atoms. The number of carbonyl (C=O) groups is 2. The molecule has 1 saturated carbocycles. The van der Waals surface area contributed by atoms with Crippen molar-refractivity contribution in [3.05, 3.63) is 5.82 Å². The van der Waals surface area contributed by atoms with Gasteiger partial charge in [-0.3, -0.25) is 9.59 Å². The first-order valence-electron chi connectivity index (χ1n) is 9.57. The highest BCUT2D eigenvalue weighted by Gasteiger charge is 2.34. The maximum atomic E-state index is 13.1. The predicted octanol–water partition coefficient (Wildman–Crippen LogP) is 0.802. The fourth-order valence-corrected chi connectivity index (χ4v) is 4.09. The zero-order chi connectivity index (χ0) is 17.2. The van der Waals surface area contributed by atoms with E-state index >= 15 is 0 Å². The van der Waals surface area contributed by atoms with Gasteiger partial charge in [0.2, 0.25) is 11.8 Å². The average Bonchev–Trinajstić information content (AvgIpc) is 2.79. The van der Waals surface area contributed by atoms with E-state index in [0.717, 1.165) is 51.6 Å². The van der Waals surface area contributed by atoms with Crippen molar-refractivity contribution in [1.82, 2.24) is 30.0 Å². The number of aromatic nitrogens is 4. The molecule has 136 valence electrons. The van der Waals surface area contributed by atoms with Crippen LogP contribution in [0.5, 0.6) is 0 Å². The minimum atomic E-state index is -0.244. The van der Waals surface area contributed by atoms with E-state index in [0.29, 0.717) is 31.4 Å². The van der Waals surface area contributed by atoms with Crippen molar-refractivity contribution in [3.63, 3.8) is 0 Å². The number of tetrazole rings is 1. The van der Waals surface area contributed by atoms with Crippen LogP contribution in [0, 0.1) is 5.92 Å². The lowest BCUT2D eigenvalue weighted by Gasteiger charge is -2.31. The lowest BCUT2D eigenvalue weighted by Crippen LogP contribution is -2.42. The van der Waals surface area contributed by atoms with Gasteiger partial charge in [-0.15, -0.1) is 5.10 Å². The highest BCUT2D eigenvalue weighted by atomic mass is 16.2. The molecule has 3 heterocycles. The molecule has 0 bridgehead atoms. The minimum absolute atomic E-state index is 0.121. The molecule has 1 atom stereocenters. The van der Waals surface area contributed by atoms with Gasteiger partial charge in [-0.2, -0.15) is 0 Å². The Morgan fingerprint density at radius 3 is 2.28 bits per heavy atom. The quantitative estimate of drug-likeness (QED) is 0.791. The number of nitrogens with zero attached hydrogens (tertiary/aromatic N) is 6. The Bertz CT molecular complexity index is 641. The van der Waals surface area contributed by atoms with Gasteiger partial charge in [0.15, 0.2) is 5.82 Å². The van der Waals surface area contributed by atoms with Crippen molar-refractivity contribution >= 4 is 11.8 Å². The van der Waals surface area contributed by atoms with Gasteiger partial charge in [-0.05, 0) is 42.5 Å². The van der Waals surface area contributed by atoms with Gasteiger partial charge >= 0.3 is 0 Å². The lowest BCUT2D eigenvalue weighted by atomic mass is 9.84. The van der Waals surface area contributed by atoms with E-state index in [-0.39, 0.29) is 17.7 Å². The third kappa shape index (κ3) is 3.26. The molecule has 1 aromatic heterocycles. The SMILES string of the molecule is O=C(C1CCC1)N1CCCN(C(=O)[C@@H]2CCCCn3nnnc32)CC1. The minimum Gasteiger partial charge on any atom is -0.341 e. The van der Waals surface area contributed by atoms with Crippen molar-refractivity contribution in [1.29, 1.82) is 0 Å². The Balaban J connectivity index is 1.42. The van der Waals surface area contributed by atoms with Gasteiger partial charge in [0.25, 0.3) is 0 Å². The van der Waals surface area contributed by atoms with Crippen LogP contribution >= 0.6 is 0 Å². The first-order valence-corrected chi connectivity index (χ1v) is 9.57. The van der Waals surface area contributed by atoms with E-state index in [1.807, 2.05) is 9.80 Å². The first-order chi connectivity index (χ1) is 12.2. The molecule has 4 rings (SSSR count). The highest BCUT2D eigenvalue weighted by Crippen LogP contribution is 2.29. The van der Waals surface area contributed by atoms with E-state index in [9.17, 15) is 9.59 Å². The van der Waals surface area contributed by atoms with Crippen LogP contribution in [0.2, 0.25) is 0 Å². The summed E-state index contributed by atoms with van der Waals surface area (Å²) in [7, 11) is 0. The molecule has 0 radical (unpaired) electrons. The number of hydrogen-bond acceptors (Lipinski definition) is 5. The molecule has 25 heavy (non-hydrogen) atoms. The molecule has 8 heteroatoms. The smallest absolute Gasteiger partial charge is 0.233 e. The number of rotatable bonds is 2. The maximum Gasteiger partial charge on any atom is 0.233 e. The van der Waals surface area contributed by atoms with Crippen LogP contribution in [0.25, 0.3) is 0 Å². The van der Waals surface area contributed by atoms with Crippen molar-refractivity contribution in [3.8, 4) is 0 Å². The number of hydrogen-bond donors (Lipinski definition) is 0. The van der Waals surface area contributed by atoms with E-state index in [1.165, 1.54) is 6.42 Å². The zero-order valence-electron chi connectivity index (χ0n) is 14.6. The number of fused-ring (bicyclic) bond motifs is 1. The molecule has 0 aromatic carbocycles. The summed E-state index contributed by atoms with van der Waals surface area (Å²) < 4.78 is 1.78. The van der Waals surface area contributed by atoms with Crippen LogP contribution in [0.3, 0.4) is 0 Å². The third-order valence-electron chi connectivity index (χ3n) is 5.86. The van der Waals surface area contributed by atoms with Gasteiger partial charge < -0.3 is 9.80 Å². The summed E-state index contributed by atoms with van der Waals surface area (Å²) in [6, 6.07) is 0. The van der Waals surface area contributed by atoms with Gasteiger partial charge in [-0.25, -0.2) is 4.68 Å². The van der Waals surface area contributed by atoms with Crippen LogP contribution < -0.4 is 0 Å². The number of amides is 2. The Labute approximate surface area is 147 Å². The molecule has 1 aliphatic carbocycles. The van der Waals surface area contributed by atoms with Crippen molar-refractivity contribution in [2.24, 2.45) is 5.92 Å². The molecular weight excluding hydrogens is 320 g/mol. The number of aryl methyl sites for hydroxylation is 1. The van der Waals surface area contributed by atoms with Gasteiger partial charge in [0.1, 0.15) is 0 Å². The Morgan fingerprint density at radius 1 is 0.800 bits per heavy atom. The van der Waals surface area contributed by atoms with Gasteiger partial charge in [-0.1, -0.05) is 12.8 Å². The summed E-state index contributed by atoms with van der Waals surface area (Å²) in [5.41, 5.74) is 0. The number of carbonyl (C=O) groups excluding carboxylic acids is 2. The van der Waals surface area contributed by atoms with Crippen LogP contribution in [0.15, 0.2) is 0 Å². The Kier molecular flexibility index (Phi) is 4.67. The third-order valence-corrected chi connectivity index (χ3v) is 5.86. The molecule has 8 nitrogen and oxygen atoms in total. The lowest BCUT2D eigenvalue weighted by molar-refractivity contribution is -0.139. The van der Waals surface area contributed by atoms with E-state index in [4.69, 9.17) is 0 Å². The Hall–Kier alpha value is -1.99. The van der Waals surface area contributed by atoms with Crippen LogP contribution in [-0.2, 0) is 16.1 Å². The largest absolute Gasteiger partial charge is 0.341 e. The second-order valence-corrected chi connectivity index (χ2v) is 7.44. The van der Waals surface area contributed by atoms with Crippen LogP contribution in [-0.4, -0.2) is 68.0 Å². The summed E-state index contributed by atoms with van der Waals surface area (Å²) in [5.74, 6) is 1.10. The maximum absolute atomic E-state index is 13.1. The molecule has 2 fully saturated rings. The Morgan fingerprint density at radius 2 is 1.56 bits per heavy atom. The highest BCUT2D eigenvalue weighted by molar-refractivity contribution is 5.83. The van der Waals surface area contributed by atoms with Crippen molar-refractivity contribution < 1.29 is 9.59 Å². The van der Waals surface area contributed by atoms with Crippen LogP contribution in [0.1, 0.15) is 56.7 Å². The van der Waals surface area contributed by atoms with E-state index < -0.39 is 0 Å². The topological polar surface area (TPSA) is 84.2 Å². The fraction of sp³-hybridized carbons (Fsp3) is 0.824. The predicted molar refractivity (Wildman–Crippen MR) is 89.5 cm³/mol. The second kappa shape index (κ2) is 7.09. The van der Waals surface area contributed by atoms with E-state index in [2.05, 4.69) is 15.5 Å². The van der Waals surface area contributed by atoms with Gasteiger partial charge in [0, 0.05) is 38.6 Å². The summed E-state index contributed by atoms with van der Waals surface area (Å²) in [6.07, 6.45) is 6.89. The molecule has 1 aromatic rings. The monoisotopic (exact) mass is 346 g/mol. The van der Waals surface area contributed by atoms with E-state index in [1.54, 1.807) is 4.68 Å². The zero-order valence-corrected chi connectivity index (χ0v) is 14.6. The first kappa shape index (κ1) is 16.5.